The third-order valence-electron chi connectivity index (χ3n) is 14.8. The number of carbonyl (C=O) groups is 1. The summed E-state index contributed by atoms with van der Waals surface area (Å²) in [6.45, 7) is 4.84. The quantitative estimate of drug-likeness (QED) is 0.0243. The number of nitrogens with one attached hydrogen (secondary N) is 1. The van der Waals surface area contributed by atoms with E-state index in [2.05, 4.69) is 43.5 Å². The van der Waals surface area contributed by atoms with Crippen LogP contribution in [-0.4, -0.2) is 73.4 Å². The highest BCUT2D eigenvalue weighted by atomic mass is 31.2. The van der Waals surface area contributed by atoms with Crippen molar-refractivity contribution in [3.05, 3.63) is 36.5 Å². The van der Waals surface area contributed by atoms with Crippen LogP contribution in [0.1, 0.15) is 322 Å². The zero-order valence-corrected chi connectivity index (χ0v) is 51.0. The van der Waals surface area contributed by atoms with Crippen LogP contribution >= 0.6 is 7.82 Å². The molecular formula is C65H128N2O6P+. The van der Waals surface area contributed by atoms with E-state index in [4.69, 9.17) is 9.05 Å². The number of hydrogen-bond donors (Lipinski definition) is 3. The third kappa shape index (κ3) is 58.4. The van der Waals surface area contributed by atoms with Crippen LogP contribution in [0.25, 0.3) is 0 Å². The van der Waals surface area contributed by atoms with E-state index in [1.807, 2.05) is 27.2 Å². The molecular weight excluding hydrogens is 936 g/mol. The minimum atomic E-state index is -4.36. The number of nitrogens with zero attached hydrogens (tertiary/aromatic N) is 1. The molecule has 3 atom stereocenters. The lowest BCUT2D eigenvalue weighted by molar-refractivity contribution is -0.870. The van der Waals surface area contributed by atoms with Crippen LogP contribution in [0.15, 0.2) is 36.5 Å². The van der Waals surface area contributed by atoms with Gasteiger partial charge in [-0.2, -0.15) is 0 Å². The number of aliphatic hydroxyl groups is 1. The Bertz CT molecular complexity index is 1300. The molecule has 0 heterocycles. The topological polar surface area (TPSA) is 105 Å². The molecule has 0 aliphatic carbocycles. The van der Waals surface area contributed by atoms with Crippen LogP contribution < -0.4 is 5.32 Å². The average molecular weight is 1060 g/mol. The summed E-state index contributed by atoms with van der Waals surface area (Å²) in [7, 11) is 1.57. The number of aliphatic hydroxyl groups excluding tert-OH is 1. The molecule has 0 aromatic rings. The van der Waals surface area contributed by atoms with E-state index in [-0.39, 0.29) is 19.1 Å². The first-order valence-corrected chi connectivity index (χ1v) is 33.9. The summed E-state index contributed by atoms with van der Waals surface area (Å²) < 4.78 is 23.8. The van der Waals surface area contributed by atoms with Crippen LogP contribution in [0, 0.1) is 0 Å². The lowest BCUT2D eigenvalue weighted by Gasteiger charge is -2.25. The summed E-state index contributed by atoms with van der Waals surface area (Å²) in [5.41, 5.74) is 0. The maximum absolute atomic E-state index is 13.0. The molecule has 0 rings (SSSR count). The van der Waals surface area contributed by atoms with Gasteiger partial charge in [0.25, 0.3) is 0 Å². The molecule has 0 aliphatic rings. The summed E-state index contributed by atoms with van der Waals surface area (Å²) >= 11 is 0. The number of carbonyl (C=O) groups excluding carboxylic acids is 1. The second kappa shape index (κ2) is 56.4. The zero-order chi connectivity index (χ0) is 54.2. The number of rotatable bonds is 60. The summed E-state index contributed by atoms with van der Waals surface area (Å²) in [5, 5.41) is 14.0. The van der Waals surface area contributed by atoms with Gasteiger partial charge in [0.1, 0.15) is 13.2 Å². The molecule has 438 valence electrons. The number of amides is 1. The second-order valence-corrected chi connectivity index (χ2v) is 24.9. The van der Waals surface area contributed by atoms with Gasteiger partial charge in [-0.1, -0.05) is 294 Å². The van der Waals surface area contributed by atoms with Gasteiger partial charge >= 0.3 is 7.82 Å². The average Bonchev–Trinajstić information content (AvgIpc) is 3.36. The van der Waals surface area contributed by atoms with Crippen molar-refractivity contribution in [1.82, 2.24) is 5.32 Å². The fourth-order valence-corrected chi connectivity index (χ4v) is 10.5. The van der Waals surface area contributed by atoms with Crippen LogP contribution in [0.3, 0.4) is 0 Å². The Balaban J connectivity index is 4.12. The summed E-state index contributed by atoms with van der Waals surface area (Å²) in [5.74, 6) is -0.182. The van der Waals surface area contributed by atoms with Crippen molar-refractivity contribution in [3.8, 4) is 0 Å². The molecule has 1 amide bonds. The molecule has 0 radical (unpaired) electrons. The maximum atomic E-state index is 13.0. The van der Waals surface area contributed by atoms with Crippen LogP contribution in [-0.2, 0) is 18.4 Å². The van der Waals surface area contributed by atoms with Crippen molar-refractivity contribution in [3.63, 3.8) is 0 Å². The van der Waals surface area contributed by atoms with Gasteiger partial charge in [-0.25, -0.2) is 4.57 Å². The number of phosphoric acid groups is 1. The lowest BCUT2D eigenvalue weighted by atomic mass is 10.0. The van der Waals surface area contributed by atoms with Gasteiger partial charge in [-0.15, -0.1) is 0 Å². The van der Waals surface area contributed by atoms with Gasteiger partial charge in [-0.3, -0.25) is 13.8 Å². The number of allylic oxidation sites excluding steroid dienone is 5. The van der Waals surface area contributed by atoms with Crippen molar-refractivity contribution < 1.29 is 32.9 Å². The molecule has 0 aliphatic heterocycles. The predicted molar refractivity (Wildman–Crippen MR) is 323 cm³/mol. The highest BCUT2D eigenvalue weighted by Gasteiger charge is 2.27. The molecule has 0 bridgehead atoms. The monoisotopic (exact) mass is 1060 g/mol. The minimum absolute atomic E-state index is 0.0574. The number of likely N-dealkylation sites (N-methyl/N-ethyl adjacent to an activating group) is 1. The van der Waals surface area contributed by atoms with Crippen LogP contribution in [0.5, 0.6) is 0 Å². The molecule has 3 unspecified atom stereocenters. The molecule has 0 aromatic carbocycles. The first-order valence-electron chi connectivity index (χ1n) is 32.4. The molecule has 0 aromatic heterocycles. The third-order valence-corrected chi connectivity index (χ3v) is 15.8. The summed E-state index contributed by atoms with van der Waals surface area (Å²) in [6.07, 6.45) is 74.2. The number of quaternary nitrogens is 1. The Morgan fingerprint density at radius 3 is 1.08 bits per heavy atom. The van der Waals surface area contributed by atoms with Gasteiger partial charge in [-0.05, 0) is 57.8 Å². The Kier molecular flexibility index (Phi) is 55.5. The molecule has 74 heavy (non-hydrogen) atoms. The van der Waals surface area contributed by atoms with Crippen molar-refractivity contribution >= 4 is 13.7 Å². The largest absolute Gasteiger partial charge is 0.472 e. The molecule has 0 saturated carbocycles. The van der Waals surface area contributed by atoms with Gasteiger partial charge in [0.2, 0.25) is 5.91 Å². The van der Waals surface area contributed by atoms with E-state index < -0.39 is 20.0 Å². The molecule has 8 nitrogen and oxygen atoms in total. The fourth-order valence-electron chi connectivity index (χ4n) is 9.76. The van der Waals surface area contributed by atoms with Crippen molar-refractivity contribution in [2.24, 2.45) is 0 Å². The highest BCUT2D eigenvalue weighted by molar-refractivity contribution is 7.47. The number of unbranched alkanes of at least 4 members (excludes halogenated alkanes) is 43. The first-order chi connectivity index (χ1) is 36.0. The van der Waals surface area contributed by atoms with E-state index in [0.717, 1.165) is 38.5 Å². The van der Waals surface area contributed by atoms with Gasteiger partial charge in [0.15, 0.2) is 0 Å². The van der Waals surface area contributed by atoms with E-state index in [9.17, 15) is 19.4 Å². The molecule has 0 saturated heterocycles. The normalized spacial score (nSPS) is 14.0. The van der Waals surface area contributed by atoms with Gasteiger partial charge in [0.05, 0.1) is 39.9 Å². The van der Waals surface area contributed by atoms with Crippen molar-refractivity contribution in [1.29, 1.82) is 0 Å². The van der Waals surface area contributed by atoms with Crippen LogP contribution in [0.2, 0.25) is 0 Å². The van der Waals surface area contributed by atoms with E-state index >= 15 is 0 Å². The van der Waals surface area contributed by atoms with Gasteiger partial charge < -0.3 is 19.8 Å². The summed E-state index contributed by atoms with van der Waals surface area (Å²) in [6, 6.07) is -0.863. The van der Waals surface area contributed by atoms with E-state index in [1.54, 1.807) is 6.08 Å². The van der Waals surface area contributed by atoms with Crippen LogP contribution in [0.4, 0.5) is 0 Å². The molecule has 0 spiro atoms. The Morgan fingerprint density at radius 1 is 0.446 bits per heavy atom. The second-order valence-electron chi connectivity index (χ2n) is 23.5. The minimum Gasteiger partial charge on any atom is -0.387 e. The standard InChI is InChI=1S/C65H127N2O6P/c1-6-8-10-12-14-16-18-20-22-24-26-28-30-31-32-33-34-35-36-37-39-41-43-45-47-49-51-53-55-57-59-65(69)66-63(62-73-74(70,71)72-61-60-67(3,4)5)64(68)58-56-54-52-50-48-46-44-42-40-38-29-27-25-23-21-19-17-15-13-11-9-7-2/h31-32,48,50,56,58,63-64,68H,6-30,33-47,49,51-55,57,59-62H2,1-5H3,(H-,66,69,70,71)/p+1/b32-31-,50-48+,58-56+. The lowest BCUT2D eigenvalue weighted by Crippen LogP contribution is -2.45. The molecule has 0 fully saturated rings. The Hall–Kier alpha value is -1.28. The Labute approximate surface area is 461 Å². The van der Waals surface area contributed by atoms with E-state index in [0.29, 0.717) is 17.4 Å². The summed E-state index contributed by atoms with van der Waals surface area (Å²) in [4.78, 5) is 23.4. The fraction of sp³-hybridized carbons (Fsp3) is 0.892. The maximum Gasteiger partial charge on any atom is 0.472 e. The van der Waals surface area contributed by atoms with Gasteiger partial charge in [0, 0.05) is 6.42 Å². The number of hydrogen-bond acceptors (Lipinski definition) is 5. The predicted octanol–water partition coefficient (Wildman–Crippen LogP) is 20.1. The molecule has 9 heteroatoms. The first kappa shape index (κ1) is 72.7. The SMILES string of the molecule is CCCCCCCCCCCCCC/C=C\CCCCCCCCCCCCCCCCC(=O)NC(COP(=O)(O)OCC[N+](C)(C)C)C(O)/C=C/CC/C=C/CCCCCCCCCCCCCCCCCC. The zero-order valence-electron chi connectivity index (χ0n) is 50.1. The Morgan fingerprint density at radius 2 is 0.743 bits per heavy atom. The van der Waals surface area contributed by atoms with Crippen molar-refractivity contribution in [2.75, 3.05) is 40.9 Å². The highest BCUT2D eigenvalue weighted by Crippen LogP contribution is 2.43. The smallest absolute Gasteiger partial charge is 0.387 e. The molecule has 3 N–H and O–H groups in total. The van der Waals surface area contributed by atoms with E-state index in [1.165, 1.54) is 263 Å². The van der Waals surface area contributed by atoms with Crippen molar-refractivity contribution in [2.45, 2.75) is 334 Å². The number of phosphoric ester groups is 1.